The van der Waals surface area contributed by atoms with E-state index in [1.54, 1.807) is 6.07 Å². The molecular weight excluding hydrogens is 287 g/mol. The van der Waals surface area contributed by atoms with Crippen LogP contribution in [0, 0.1) is 17.1 Å². The van der Waals surface area contributed by atoms with Crippen molar-refractivity contribution in [1.29, 1.82) is 5.26 Å². The molecule has 1 rings (SSSR count). The average Bonchev–Trinajstić information content (AvgIpc) is 2.39. The lowest BCUT2D eigenvalue weighted by Crippen LogP contribution is -2.43. The molecule has 0 aliphatic rings. The van der Waals surface area contributed by atoms with Crippen LogP contribution in [0.4, 0.5) is 4.39 Å². The molecule has 0 saturated heterocycles. The molecule has 0 aliphatic heterocycles. The van der Waals surface area contributed by atoms with Crippen LogP contribution in [0.2, 0.25) is 0 Å². The Kier molecular flexibility index (Phi) is 5.59. The molecule has 0 aliphatic carbocycles. The molecule has 0 radical (unpaired) electrons. The average molecular weight is 302 g/mol. The number of benzene rings is 1. The zero-order valence-electron chi connectivity index (χ0n) is 11.3. The minimum atomic E-state index is -4.06. The molecule has 1 atom stereocenters. The van der Waals surface area contributed by atoms with Crippen LogP contribution >= 0.6 is 0 Å². The van der Waals surface area contributed by atoms with Gasteiger partial charge in [0.25, 0.3) is 0 Å². The van der Waals surface area contributed by atoms with Crippen LogP contribution in [0.5, 0.6) is 0 Å². The van der Waals surface area contributed by atoms with Crippen molar-refractivity contribution in [2.24, 2.45) is 0 Å². The summed E-state index contributed by atoms with van der Waals surface area (Å²) >= 11 is 0. The van der Waals surface area contributed by atoms with Gasteiger partial charge in [-0.25, -0.2) is 17.5 Å². The summed E-state index contributed by atoms with van der Waals surface area (Å²) in [4.78, 5) is -0.419. The Morgan fingerprint density at radius 1 is 1.35 bits per heavy atom. The zero-order valence-corrected chi connectivity index (χ0v) is 12.1. The maximum atomic E-state index is 13.4. The van der Waals surface area contributed by atoms with Gasteiger partial charge in [-0.15, -0.1) is 0 Å². The summed E-state index contributed by atoms with van der Waals surface area (Å²) in [5.41, 5.74) is -0.529. The Labute approximate surface area is 117 Å². The first-order valence-corrected chi connectivity index (χ1v) is 7.12. The quantitative estimate of drug-likeness (QED) is 0.791. The fourth-order valence-electron chi connectivity index (χ4n) is 1.71. The van der Waals surface area contributed by atoms with E-state index < -0.39 is 38.6 Å². The molecule has 8 heteroatoms. The molecule has 0 fully saturated rings. The normalized spacial score (nSPS) is 13.2. The van der Waals surface area contributed by atoms with Crippen molar-refractivity contribution in [2.45, 2.75) is 24.2 Å². The number of sulfonamides is 1. The van der Waals surface area contributed by atoms with Gasteiger partial charge in [0.1, 0.15) is 22.3 Å². The fraction of sp³-hybridized carbons (Fsp3) is 0.417. The van der Waals surface area contributed by atoms with Gasteiger partial charge >= 0.3 is 0 Å². The van der Waals surface area contributed by atoms with E-state index in [1.165, 1.54) is 27.2 Å². The van der Waals surface area contributed by atoms with E-state index in [4.69, 9.17) is 14.7 Å². The number of nitrogens with zero attached hydrogens (tertiary/aromatic N) is 1. The van der Waals surface area contributed by atoms with Gasteiger partial charge < -0.3 is 9.47 Å². The number of rotatable bonds is 6. The van der Waals surface area contributed by atoms with E-state index in [2.05, 4.69) is 4.72 Å². The first kappa shape index (κ1) is 16.5. The van der Waals surface area contributed by atoms with Crippen LogP contribution in [0.3, 0.4) is 0 Å². The first-order chi connectivity index (χ1) is 9.37. The lowest BCUT2D eigenvalue weighted by atomic mass is 10.2. The lowest BCUT2D eigenvalue weighted by molar-refractivity contribution is -0.115. The van der Waals surface area contributed by atoms with Crippen molar-refractivity contribution in [3.05, 3.63) is 29.6 Å². The Morgan fingerprint density at radius 3 is 2.45 bits per heavy atom. The summed E-state index contributed by atoms with van der Waals surface area (Å²) < 4.78 is 49.9. The molecule has 1 N–H and O–H groups in total. The van der Waals surface area contributed by atoms with Crippen LogP contribution in [-0.2, 0) is 19.5 Å². The Bertz CT molecular complexity index is 608. The second kappa shape index (κ2) is 6.76. The predicted molar refractivity (Wildman–Crippen MR) is 68.7 cm³/mol. The Balaban J connectivity index is 3.13. The number of nitrogens with one attached hydrogen (secondary N) is 1. The third-order valence-electron chi connectivity index (χ3n) is 2.59. The lowest BCUT2D eigenvalue weighted by Gasteiger charge is -2.22. The van der Waals surface area contributed by atoms with Crippen molar-refractivity contribution >= 4 is 10.0 Å². The Morgan fingerprint density at radius 2 is 1.95 bits per heavy atom. The van der Waals surface area contributed by atoms with Crippen molar-refractivity contribution in [1.82, 2.24) is 4.72 Å². The van der Waals surface area contributed by atoms with Crippen molar-refractivity contribution in [3.8, 4) is 6.07 Å². The summed E-state index contributed by atoms with van der Waals surface area (Å²) in [6, 6.07) is 4.23. The standard InChI is InChI=1S/C12H15FN2O4S/c1-8(12(18-2)19-3)15-20(16,17)11-6-4-5-10(13)9(11)7-14/h4-6,8,12,15H,1-3H3. The molecule has 1 unspecified atom stereocenters. The van der Waals surface area contributed by atoms with E-state index in [0.717, 1.165) is 12.1 Å². The molecule has 0 amide bonds. The smallest absolute Gasteiger partial charge is 0.242 e. The van der Waals surface area contributed by atoms with Crippen molar-refractivity contribution < 1.29 is 22.3 Å². The number of nitriles is 1. The van der Waals surface area contributed by atoms with Crippen molar-refractivity contribution in [3.63, 3.8) is 0 Å². The van der Waals surface area contributed by atoms with Gasteiger partial charge in [-0.1, -0.05) is 6.07 Å². The molecule has 110 valence electrons. The Hall–Kier alpha value is -1.53. The van der Waals surface area contributed by atoms with Crippen molar-refractivity contribution in [2.75, 3.05) is 14.2 Å². The van der Waals surface area contributed by atoms with Crippen LogP contribution in [0.1, 0.15) is 12.5 Å². The van der Waals surface area contributed by atoms with E-state index in [0.29, 0.717) is 0 Å². The summed E-state index contributed by atoms with van der Waals surface area (Å²) in [6.45, 7) is 1.53. The topological polar surface area (TPSA) is 88.4 Å². The third-order valence-corrected chi connectivity index (χ3v) is 4.19. The highest BCUT2D eigenvalue weighted by atomic mass is 32.2. The third kappa shape index (κ3) is 3.52. The largest absolute Gasteiger partial charge is 0.354 e. The van der Waals surface area contributed by atoms with E-state index in [9.17, 15) is 12.8 Å². The van der Waals surface area contributed by atoms with Crippen LogP contribution < -0.4 is 4.72 Å². The highest BCUT2D eigenvalue weighted by molar-refractivity contribution is 7.89. The van der Waals surface area contributed by atoms with Gasteiger partial charge in [0, 0.05) is 14.2 Å². The molecule has 1 aromatic rings. The van der Waals surface area contributed by atoms with Gasteiger partial charge in [-0.05, 0) is 19.1 Å². The molecule has 0 bridgehead atoms. The monoisotopic (exact) mass is 302 g/mol. The van der Waals surface area contributed by atoms with Gasteiger partial charge in [0.15, 0.2) is 6.29 Å². The zero-order chi connectivity index (χ0) is 15.3. The minimum absolute atomic E-state index is 0.419. The molecule has 20 heavy (non-hydrogen) atoms. The van der Waals surface area contributed by atoms with E-state index in [1.807, 2.05) is 0 Å². The SMILES string of the molecule is COC(OC)C(C)NS(=O)(=O)c1cccc(F)c1C#N. The number of halogens is 1. The van der Waals surface area contributed by atoms with Gasteiger partial charge in [-0.3, -0.25) is 0 Å². The predicted octanol–water partition coefficient (Wildman–Crippen LogP) is 0.983. The summed E-state index contributed by atoms with van der Waals surface area (Å²) in [6.07, 6.45) is -0.802. The van der Waals surface area contributed by atoms with Crippen LogP contribution in [-0.4, -0.2) is 35.0 Å². The van der Waals surface area contributed by atoms with Crippen LogP contribution in [0.25, 0.3) is 0 Å². The molecule has 6 nitrogen and oxygen atoms in total. The van der Waals surface area contributed by atoms with E-state index >= 15 is 0 Å². The van der Waals surface area contributed by atoms with Crippen LogP contribution in [0.15, 0.2) is 23.1 Å². The maximum absolute atomic E-state index is 13.4. The molecule has 0 heterocycles. The first-order valence-electron chi connectivity index (χ1n) is 5.64. The molecular formula is C12H15FN2O4S. The summed E-state index contributed by atoms with van der Waals surface area (Å²) in [5, 5.41) is 8.87. The second-order valence-electron chi connectivity index (χ2n) is 3.97. The van der Waals surface area contributed by atoms with Gasteiger partial charge in [0.2, 0.25) is 10.0 Å². The highest BCUT2D eigenvalue weighted by Gasteiger charge is 2.26. The number of ether oxygens (including phenoxy) is 2. The number of hydrogen-bond acceptors (Lipinski definition) is 5. The summed E-state index contributed by atoms with van der Waals surface area (Å²) in [5.74, 6) is -0.891. The maximum Gasteiger partial charge on any atom is 0.242 e. The number of hydrogen-bond donors (Lipinski definition) is 1. The molecule has 0 saturated carbocycles. The second-order valence-corrected chi connectivity index (χ2v) is 5.66. The molecule has 0 spiro atoms. The molecule has 0 aromatic heterocycles. The highest BCUT2D eigenvalue weighted by Crippen LogP contribution is 2.18. The minimum Gasteiger partial charge on any atom is -0.354 e. The summed E-state index contributed by atoms with van der Waals surface area (Å²) in [7, 11) is -1.34. The number of methoxy groups -OCH3 is 2. The molecule has 1 aromatic carbocycles. The fourth-order valence-corrected chi connectivity index (χ4v) is 3.10. The van der Waals surface area contributed by atoms with Gasteiger partial charge in [0.05, 0.1) is 6.04 Å². The van der Waals surface area contributed by atoms with Gasteiger partial charge in [-0.2, -0.15) is 5.26 Å². The van der Waals surface area contributed by atoms with E-state index in [-0.39, 0.29) is 0 Å².